The van der Waals surface area contributed by atoms with Crippen LogP contribution in [0.2, 0.25) is 5.02 Å². The third kappa shape index (κ3) is 4.46. The number of rotatable bonds is 5. The topological polar surface area (TPSA) is 75.8 Å². The number of benzene rings is 2. The number of carbonyl (C=O) groups excluding carboxylic acids is 1. The molecule has 160 valence electrons. The molecule has 4 atom stereocenters. The maximum absolute atomic E-state index is 14.3. The second-order valence-corrected chi connectivity index (χ2v) is 8.67. The highest BCUT2D eigenvalue weighted by Gasteiger charge is 2.44. The molecule has 0 aromatic heterocycles. The van der Waals surface area contributed by atoms with Gasteiger partial charge in [-0.2, -0.15) is 0 Å². The number of nitrogens with two attached hydrogens (primary N) is 1. The predicted octanol–water partition coefficient (Wildman–Crippen LogP) is 3.27. The van der Waals surface area contributed by atoms with Crippen molar-refractivity contribution in [2.24, 2.45) is 17.6 Å². The standard InChI is InChI=1S/C23H26ClFN2O3/c24-17-2-1-3-18(11-17)30-22-10-16-13-27(12-15(16)9-21(22)28)23(29)19-8-14(6-7-26)4-5-20(19)25/h1-5,8,11,15-16,21-22,28H,6-7,9-10,12-13,26H2/t15-,16+,21+,22+/m0/s1. The van der Waals surface area contributed by atoms with E-state index in [0.29, 0.717) is 49.7 Å². The van der Waals surface area contributed by atoms with Crippen LogP contribution >= 0.6 is 11.6 Å². The van der Waals surface area contributed by atoms with E-state index in [1.807, 2.05) is 6.07 Å². The first-order valence-electron chi connectivity index (χ1n) is 10.3. The number of fused-ring (bicyclic) bond motifs is 1. The highest BCUT2D eigenvalue weighted by molar-refractivity contribution is 6.30. The van der Waals surface area contributed by atoms with Gasteiger partial charge in [-0.25, -0.2) is 4.39 Å². The lowest BCUT2D eigenvalue weighted by Crippen LogP contribution is -2.42. The third-order valence-electron chi connectivity index (χ3n) is 6.15. The van der Waals surface area contributed by atoms with Gasteiger partial charge in [0.2, 0.25) is 0 Å². The Labute approximate surface area is 180 Å². The molecule has 4 rings (SSSR count). The minimum absolute atomic E-state index is 0.0897. The van der Waals surface area contributed by atoms with E-state index in [0.717, 1.165) is 5.56 Å². The number of aliphatic hydroxyl groups excluding tert-OH is 1. The van der Waals surface area contributed by atoms with E-state index in [-0.39, 0.29) is 29.4 Å². The first kappa shape index (κ1) is 21.1. The molecular formula is C23H26ClFN2O3. The van der Waals surface area contributed by atoms with Gasteiger partial charge in [-0.1, -0.05) is 23.7 Å². The van der Waals surface area contributed by atoms with Gasteiger partial charge in [-0.15, -0.1) is 0 Å². The average molecular weight is 433 g/mol. The van der Waals surface area contributed by atoms with E-state index >= 15 is 0 Å². The number of likely N-dealkylation sites (tertiary alicyclic amines) is 1. The molecule has 1 aliphatic heterocycles. The summed E-state index contributed by atoms with van der Waals surface area (Å²) in [4.78, 5) is 14.7. The van der Waals surface area contributed by atoms with E-state index in [1.54, 1.807) is 35.2 Å². The molecule has 2 aliphatic rings. The molecule has 7 heteroatoms. The Morgan fingerprint density at radius 2 is 1.97 bits per heavy atom. The molecule has 0 radical (unpaired) electrons. The molecular weight excluding hydrogens is 407 g/mol. The fraction of sp³-hybridized carbons (Fsp3) is 0.435. The number of ether oxygens (including phenoxy) is 1. The van der Waals surface area contributed by atoms with Gasteiger partial charge in [0, 0.05) is 18.1 Å². The second-order valence-electron chi connectivity index (χ2n) is 8.24. The van der Waals surface area contributed by atoms with Gasteiger partial charge in [-0.05, 0) is 73.5 Å². The van der Waals surface area contributed by atoms with Gasteiger partial charge in [0.25, 0.3) is 5.91 Å². The lowest BCUT2D eigenvalue weighted by molar-refractivity contribution is -0.0231. The lowest BCUT2D eigenvalue weighted by Gasteiger charge is -2.35. The van der Waals surface area contributed by atoms with Crippen LogP contribution < -0.4 is 10.5 Å². The normalized spacial score (nSPS) is 25.8. The maximum Gasteiger partial charge on any atom is 0.256 e. The van der Waals surface area contributed by atoms with Crippen molar-refractivity contribution in [3.05, 3.63) is 64.4 Å². The van der Waals surface area contributed by atoms with Crippen molar-refractivity contribution in [2.75, 3.05) is 19.6 Å². The number of hydrogen-bond acceptors (Lipinski definition) is 4. The molecule has 5 nitrogen and oxygen atoms in total. The number of nitrogens with zero attached hydrogens (tertiary/aromatic N) is 1. The van der Waals surface area contributed by atoms with Gasteiger partial charge in [0.05, 0.1) is 11.7 Å². The highest BCUT2D eigenvalue weighted by Crippen LogP contribution is 2.38. The van der Waals surface area contributed by atoms with Crippen LogP contribution in [0.15, 0.2) is 42.5 Å². The number of amides is 1. The largest absolute Gasteiger partial charge is 0.488 e. The van der Waals surface area contributed by atoms with Crippen LogP contribution in [-0.4, -0.2) is 47.8 Å². The van der Waals surface area contributed by atoms with Gasteiger partial charge >= 0.3 is 0 Å². The van der Waals surface area contributed by atoms with E-state index < -0.39 is 11.9 Å². The molecule has 2 aromatic carbocycles. The summed E-state index contributed by atoms with van der Waals surface area (Å²) in [6, 6.07) is 11.7. The summed E-state index contributed by atoms with van der Waals surface area (Å²) in [6.45, 7) is 1.50. The Morgan fingerprint density at radius 3 is 2.70 bits per heavy atom. The molecule has 1 saturated carbocycles. The van der Waals surface area contributed by atoms with Crippen LogP contribution in [0.3, 0.4) is 0 Å². The number of carbonyl (C=O) groups is 1. The average Bonchev–Trinajstić information content (AvgIpc) is 3.12. The monoisotopic (exact) mass is 432 g/mol. The molecule has 0 spiro atoms. The van der Waals surface area contributed by atoms with E-state index in [4.69, 9.17) is 22.1 Å². The van der Waals surface area contributed by atoms with Gasteiger partial charge in [-0.3, -0.25) is 4.79 Å². The highest BCUT2D eigenvalue weighted by atomic mass is 35.5. The summed E-state index contributed by atoms with van der Waals surface area (Å²) < 4.78 is 20.3. The fourth-order valence-electron chi connectivity index (χ4n) is 4.63. The van der Waals surface area contributed by atoms with E-state index in [1.165, 1.54) is 6.07 Å². The smallest absolute Gasteiger partial charge is 0.256 e. The van der Waals surface area contributed by atoms with Crippen LogP contribution in [0.4, 0.5) is 4.39 Å². The third-order valence-corrected chi connectivity index (χ3v) is 6.38. The molecule has 2 fully saturated rings. The number of aliphatic hydroxyl groups is 1. The maximum atomic E-state index is 14.3. The molecule has 1 aliphatic carbocycles. The second kappa shape index (κ2) is 8.92. The molecule has 0 unspecified atom stereocenters. The van der Waals surface area contributed by atoms with Crippen LogP contribution in [0, 0.1) is 17.7 Å². The molecule has 1 saturated heterocycles. The molecule has 1 heterocycles. The lowest BCUT2D eigenvalue weighted by atomic mass is 9.78. The van der Waals surface area contributed by atoms with Crippen LogP contribution in [0.1, 0.15) is 28.8 Å². The van der Waals surface area contributed by atoms with Crippen molar-refractivity contribution < 1.29 is 19.0 Å². The first-order chi connectivity index (χ1) is 14.4. The summed E-state index contributed by atoms with van der Waals surface area (Å²) in [5.74, 6) is 0.186. The van der Waals surface area contributed by atoms with Gasteiger partial charge in [0.15, 0.2) is 0 Å². The minimum atomic E-state index is -0.620. The Bertz CT molecular complexity index is 925. The van der Waals surface area contributed by atoms with E-state index in [9.17, 15) is 14.3 Å². The van der Waals surface area contributed by atoms with Crippen LogP contribution in [0.5, 0.6) is 5.75 Å². The zero-order valence-corrected chi connectivity index (χ0v) is 17.4. The first-order valence-corrected chi connectivity index (χ1v) is 10.7. The van der Waals surface area contributed by atoms with Gasteiger partial charge < -0.3 is 20.5 Å². The van der Waals surface area contributed by atoms with Crippen molar-refractivity contribution in [1.82, 2.24) is 4.90 Å². The summed E-state index contributed by atoms with van der Waals surface area (Å²) in [5, 5.41) is 11.2. The summed E-state index contributed by atoms with van der Waals surface area (Å²) >= 11 is 6.02. The van der Waals surface area contributed by atoms with Crippen LogP contribution in [-0.2, 0) is 6.42 Å². The van der Waals surface area contributed by atoms with Crippen LogP contribution in [0.25, 0.3) is 0 Å². The Kier molecular flexibility index (Phi) is 6.27. The predicted molar refractivity (Wildman–Crippen MR) is 113 cm³/mol. The van der Waals surface area contributed by atoms with Crippen molar-refractivity contribution in [3.8, 4) is 5.75 Å². The summed E-state index contributed by atoms with van der Waals surface area (Å²) in [7, 11) is 0. The summed E-state index contributed by atoms with van der Waals surface area (Å²) in [5.41, 5.74) is 6.52. The molecule has 3 N–H and O–H groups in total. The Morgan fingerprint density at radius 1 is 1.20 bits per heavy atom. The molecule has 0 bridgehead atoms. The van der Waals surface area contributed by atoms with Crippen molar-refractivity contribution in [2.45, 2.75) is 31.5 Å². The SMILES string of the molecule is NCCc1ccc(F)c(C(=O)N2C[C@H]3C[C@@H](Oc4cccc(Cl)c4)[C@H](O)C[C@H]3C2)c1. The van der Waals surface area contributed by atoms with Crippen molar-refractivity contribution in [1.29, 1.82) is 0 Å². The zero-order chi connectivity index (χ0) is 21.3. The fourth-order valence-corrected chi connectivity index (χ4v) is 4.81. The molecule has 2 aromatic rings. The zero-order valence-electron chi connectivity index (χ0n) is 16.6. The Hall–Kier alpha value is -2.15. The summed E-state index contributed by atoms with van der Waals surface area (Å²) in [6.07, 6.45) is 0.808. The quantitative estimate of drug-likeness (QED) is 0.760. The van der Waals surface area contributed by atoms with E-state index in [2.05, 4.69) is 0 Å². The van der Waals surface area contributed by atoms with Crippen molar-refractivity contribution in [3.63, 3.8) is 0 Å². The van der Waals surface area contributed by atoms with Gasteiger partial charge in [0.1, 0.15) is 17.7 Å². The Balaban J connectivity index is 1.44. The van der Waals surface area contributed by atoms with Crippen molar-refractivity contribution >= 4 is 17.5 Å². The number of halogens is 2. The number of hydrogen-bond donors (Lipinski definition) is 2. The molecule has 1 amide bonds. The minimum Gasteiger partial charge on any atom is -0.488 e. The molecule has 30 heavy (non-hydrogen) atoms.